The van der Waals surface area contributed by atoms with Crippen LogP contribution in [0, 0.1) is 13.8 Å². The number of nitrogens with one attached hydrogen (secondary N) is 1. The van der Waals surface area contributed by atoms with Crippen molar-refractivity contribution in [3.05, 3.63) is 94.3 Å². The average Bonchev–Trinajstić information content (AvgIpc) is 2.91. The van der Waals surface area contributed by atoms with Crippen LogP contribution < -0.4 is 5.32 Å². The highest BCUT2D eigenvalue weighted by molar-refractivity contribution is 7.87. The number of rotatable bonds is 9. The number of allylic oxidation sites excluding steroid dienone is 3. The summed E-state index contributed by atoms with van der Waals surface area (Å²) in [5, 5.41) is 3.18. The van der Waals surface area contributed by atoms with Crippen LogP contribution >= 0.6 is 0 Å². The Morgan fingerprint density at radius 1 is 1.08 bits per heavy atom. The van der Waals surface area contributed by atoms with E-state index in [-0.39, 0.29) is 11.3 Å². The van der Waals surface area contributed by atoms with E-state index in [9.17, 15) is 13.2 Å². The number of amides is 1. The van der Waals surface area contributed by atoms with Gasteiger partial charge in [-0.2, -0.15) is 12.7 Å². The Bertz CT molecular complexity index is 1260. The SMILES string of the molecule is C/C=C\N(C(C)=C(C)CC)S(=O)(=O)N1CCC(CNC(=O)c2cc(C)ccc2C)(c2ccccc2)CC1. The number of carbonyl (C=O) groups is 1. The molecule has 7 heteroatoms. The van der Waals surface area contributed by atoms with Crippen molar-refractivity contribution in [1.29, 1.82) is 0 Å². The van der Waals surface area contributed by atoms with Gasteiger partial charge >= 0.3 is 10.2 Å². The minimum absolute atomic E-state index is 0.0957. The highest BCUT2D eigenvalue weighted by Gasteiger charge is 2.41. The maximum Gasteiger partial charge on any atom is 0.307 e. The van der Waals surface area contributed by atoms with E-state index in [2.05, 4.69) is 17.4 Å². The zero-order valence-electron chi connectivity index (χ0n) is 23.0. The molecule has 0 aliphatic carbocycles. The fourth-order valence-corrected chi connectivity index (χ4v) is 6.57. The van der Waals surface area contributed by atoms with Crippen molar-refractivity contribution in [3.63, 3.8) is 0 Å². The largest absolute Gasteiger partial charge is 0.351 e. The Kier molecular flexibility index (Phi) is 9.37. The summed E-state index contributed by atoms with van der Waals surface area (Å²) in [6.45, 7) is 12.8. The monoisotopic (exact) mass is 523 g/mol. The number of benzene rings is 2. The second-order valence-electron chi connectivity index (χ2n) is 10.1. The summed E-state index contributed by atoms with van der Waals surface area (Å²) in [6, 6.07) is 16.0. The van der Waals surface area contributed by atoms with Gasteiger partial charge in [0, 0.05) is 42.5 Å². The number of piperidine rings is 1. The molecule has 0 radical (unpaired) electrons. The molecule has 0 atom stereocenters. The van der Waals surface area contributed by atoms with E-state index in [0.717, 1.165) is 34.4 Å². The molecule has 200 valence electrons. The molecule has 0 unspecified atom stereocenters. The maximum atomic E-state index is 13.7. The second-order valence-corrected chi connectivity index (χ2v) is 11.9. The van der Waals surface area contributed by atoms with E-state index in [0.29, 0.717) is 38.0 Å². The molecule has 1 N–H and O–H groups in total. The molecule has 2 aromatic carbocycles. The van der Waals surface area contributed by atoms with Gasteiger partial charge in [-0.1, -0.05) is 66.6 Å². The third kappa shape index (κ3) is 6.33. The normalized spacial score (nSPS) is 16.9. The minimum Gasteiger partial charge on any atom is -0.351 e. The number of aryl methyl sites for hydroxylation is 2. The van der Waals surface area contributed by atoms with Crippen LogP contribution in [0.5, 0.6) is 0 Å². The fourth-order valence-electron chi connectivity index (χ4n) is 4.89. The third-order valence-corrected chi connectivity index (χ3v) is 9.54. The molecule has 1 aliphatic rings. The lowest BCUT2D eigenvalue weighted by Gasteiger charge is -2.43. The molecule has 2 aromatic rings. The van der Waals surface area contributed by atoms with Crippen LogP contribution in [-0.4, -0.2) is 42.6 Å². The van der Waals surface area contributed by atoms with Crippen LogP contribution in [0.1, 0.15) is 74.0 Å². The van der Waals surface area contributed by atoms with E-state index in [1.165, 1.54) is 4.31 Å². The molecule has 1 aliphatic heterocycles. The standard InChI is InChI=1S/C30H41N3O3S/c1-7-18-33(26(6)24(4)8-2)37(35,36)32-19-16-30(17-20-32,27-12-10-9-11-13-27)22-31-29(34)28-21-23(3)14-15-25(28)5/h7,9-15,18,21H,8,16-17,19-20,22H2,1-6H3,(H,31,34)/b18-7-,26-24?. The third-order valence-electron chi connectivity index (χ3n) is 7.63. The van der Waals surface area contributed by atoms with E-state index in [1.54, 1.807) is 16.6 Å². The molecular weight excluding hydrogens is 482 g/mol. The number of hydrogen-bond acceptors (Lipinski definition) is 3. The van der Waals surface area contributed by atoms with Crippen LogP contribution in [0.15, 0.2) is 72.1 Å². The average molecular weight is 524 g/mol. The van der Waals surface area contributed by atoms with Crippen molar-refractivity contribution in [3.8, 4) is 0 Å². The molecule has 0 spiro atoms. The van der Waals surface area contributed by atoms with Gasteiger partial charge in [0.15, 0.2) is 0 Å². The Hall–Kier alpha value is -2.90. The first-order valence-electron chi connectivity index (χ1n) is 13.1. The van der Waals surface area contributed by atoms with E-state index in [4.69, 9.17) is 0 Å². The second kappa shape index (κ2) is 12.1. The number of carbonyl (C=O) groups excluding carboxylic acids is 1. The zero-order chi connectivity index (χ0) is 27.2. The van der Waals surface area contributed by atoms with Crippen molar-refractivity contribution in [1.82, 2.24) is 13.9 Å². The Morgan fingerprint density at radius 3 is 2.32 bits per heavy atom. The van der Waals surface area contributed by atoms with Gasteiger partial charge in [-0.3, -0.25) is 4.79 Å². The summed E-state index contributed by atoms with van der Waals surface area (Å²) in [5.41, 5.74) is 5.20. The van der Waals surface area contributed by atoms with Gasteiger partial charge in [0.05, 0.1) is 0 Å². The van der Waals surface area contributed by atoms with E-state index < -0.39 is 10.2 Å². The van der Waals surface area contributed by atoms with Crippen molar-refractivity contribution in [2.75, 3.05) is 19.6 Å². The molecule has 0 aromatic heterocycles. The summed E-state index contributed by atoms with van der Waals surface area (Å²) in [7, 11) is -3.72. The van der Waals surface area contributed by atoms with Gasteiger partial charge in [-0.25, -0.2) is 4.31 Å². The number of nitrogens with zero attached hydrogens (tertiary/aromatic N) is 2. The summed E-state index contributed by atoms with van der Waals surface area (Å²) >= 11 is 0. The first-order valence-corrected chi connectivity index (χ1v) is 14.4. The molecule has 0 bridgehead atoms. The fraction of sp³-hybridized carbons (Fsp3) is 0.433. The molecule has 6 nitrogen and oxygen atoms in total. The van der Waals surface area contributed by atoms with Crippen LogP contribution in [0.4, 0.5) is 0 Å². The van der Waals surface area contributed by atoms with Crippen LogP contribution in [0.2, 0.25) is 0 Å². The van der Waals surface area contributed by atoms with Crippen molar-refractivity contribution in [2.24, 2.45) is 0 Å². The smallest absolute Gasteiger partial charge is 0.307 e. The molecule has 1 heterocycles. The highest BCUT2D eigenvalue weighted by Crippen LogP contribution is 2.37. The van der Waals surface area contributed by atoms with Gasteiger partial charge in [-0.15, -0.1) is 0 Å². The Balaban J connectivity index is 1.85. The van der Waals surface area contributed by atoms with E-state index in [1.807, 2.05) is 77.9 Å². The van der Waals surface area contributed by atoms with Crippen molar-refractivity contribution < 1.29 is 13.2 Å². The molecule has 3 rings (SSSR count). The Morgan fingerprint density at radius 2 is 1.73 bits per heavy atom. The first kappa shape index (κ1) is 28.7. The van der Waals surface area contributed by atoms with Gasteiger partial charge in [0.1, 0.15) is 0 Å². The predicted octanol–water partition coefficient (Wildman–Crippen LogP) is 5.85. The van der Waals surface area contributed by atoms with Crippen molar-refractivity contribution >= 4 is 16.1 Å². The van der Waals surface area contributed by atoms with Crippen LogP contribution in [-0.2, 0) is 15.6 Å². The molecule has 0 saturated carbocycles. The van der Waals surface area contributed by atoms with Gasteiger partial charge < -0.3 is 5.32 Å². The molecule has 1 fully saturated rings. The summed E-state index contributed by atoms with van der Waals surface area (Å²) in [5.74, 6) is -0.0957. The van der Waals surface area contributed by atoms with Crippen LogP contribution in [0.3, 0.4) is 0 Å². The maximum absolute atomic E-state index is 13.7. The summed E-state index contributed by atoms with van der Waals surface area (Å²) < 4.78 is 30.4. The molecular formula is C30H41N3O3S. The van der Waals surface area contributed by atoms with Crippen molar-refractivity contribution in [2.45, 2.75) is 66.2 Å². The lowest BCUT2D eigenvalue weighted by Crippen LogP contribution is -2.52. The van der Waals surface area contributed by atoms with Crippen LogP contribution in [0.25, 0.3) is 0 Å². The molecule has 1 amide bonds. The van der Waals surface area contributed by atoms with E-state index >= 15 is 0 Å². The summed E-state index contributed by atoms with van der Waals surface area (Å²) in [6.07, 6.45) is 5.40. The highest BCUT2D eigenvalue weighted by atomic mass is 32.2. The minimum atomic E-state index is -3.72. The summed E-state index contributed by atoms with van der Waals surface area (Å²) in [4.78, 5) is 13.1. The lowest BCUT2D eigenvalue weighted by atomic mass is 9.73. The Labute approximate surface area is 223 Å². The first-order chi connectivity index (χ1) is 17.6. The molecule has 1 saturated heterocycles. The zero-order valence-corrected chi connectivity index (χ0v) is 23.9. The quantitative estimate of drug-likeness (QED) is 0.448. The van der Waals surface area contributed by atoms with Gasteiger partial charge in [0.2, 0.25) is 0 Å². The molecule has 37 heavy (non-hydrogen) atoms. The topological polar surface area (TPSA) is 69.7 Å². The number of hydrogen-bond donors (Lipinski definition) is 1. The lowest BCUT2D eigenvalue weighted by molar-refractivity contribution is 0.0932. The predicted molar refractivity (Wildman–Crippen MR) is 151 cm³/mol. The van der Waals surface area contributed by atoms with Gasteiger partial charge in [-0.05, 0) is 71.1 Å². The van der Waals surface area contributed by atoms with Gasteiger partial charge in [0.25, 0.3) is 5.91 Å².